The molecule has 1 aromatic rings. The van der Waals surface area contributed by atoms with Crippen LogP contribution in [0, 0.1) is 0 Å². The fourth-order valence-corrected chi connectivity index (χ4v) is 3.23. The van der Waals surface area contributed by atoms with E-state index in [2.05, 4.69) is 10.9 Å². The van der Waals surface area contributed by atoms with Crippen molar-refractivity contribution in [2.45, 2.75) is 37.8 Å². The van der Waals surface area contributed by atoms with Crippen LogP contribution in [0.2, 0.25) is 0 Å². The number of aliphatic hydroxyl groups excluding tert-OH is 1. The van der Waals surface area contributed by atoms with Crippen LogP contribution in [0.5, 0.6) is 0 Å². The second-order valence-electron chi connectivity index (χ2n) is 6.37. The van der Waals surface area contributed by atoms with Gasteiger partial charge in [0, 0.05) is 13.7 Å². The van der Waals surface area contributed by atoms with Gasteiger partial charge in [-0.05, 0) is 18.4 Å². The number of hydrogen-bond acceptors (Lipinski definition) is 6. The monoisotopic (exact) mass is 364 g/mol. The summed E-state index contributed by atoms with van der Waals surface area (Å²) in [4.78, 5) is 32.2. The summed E-state index contributed by atoms with van der Waals surface area (Å²) < 4.78 is 4.77. The number of nitrogens with one attached hydrogen (secondary N) is 2. The van der Waals surface area contributed by atoms with E-state index >= 15 is 0 Å². The molecule has 0 aliphatic carbocycles. The Balaban J connectivity index is 1.54. The molecule has 1 aromatic carbocycles. The molecule has 3 N–H and O–H groups in total. The molecule has 3 atom stereocenters. The Morgan fingerprint density at radius 3 is 2.85 bits per heavy atom. The molecule has 2 fully saturated rings. The minimum absolute atomic E-state index is 0.0385. The van der Waals surface area contributed by atoms with Gasteiger partial charge in [0.25, 0.3) is 5.91 Å². The average Bonchev–Trinajstić information content (AvgIpc) is 2.89. The lowest BCUT2D eigenvalue weighted by molar-refractivity contribution is -0.140. The molecule has 3 rings (SSSR count). The van der Waals surface area contributed by atoms with Crippen molar-refractivity contribution in [1.82, 2.24) is 20.8 Å². The Bertz CT molecular complexity index is 629. The molecule has 0 radical (unpaired) electrons. The first kappa shape index (κ1) is 18.6. The van der Waals surface area contributed by atoms with E-state index in [1.54, 1.807) is 0 Å². The van der Waals surface area contributed by atoms with E-state index in [-0.39, 0.29) is 24.6 Å². The Hall–Kier alpha value is -2.20. The molecular formula is C17H24N4O5. The molecule has 1 unspecified atom stereocenters. The van der Waals surface area contributed by atoms with Crippen LogP contribution in [0.15, 0.2) is 30.3 Å². The summed E-state index contributed by atoms with van der Waals surface area (Å²) in [6, 6.07) is 8.66. The van der Waals surface area contributed by atoms with Crippen molar-refractivity contribution in [3.63, 3.8) is 0 Å². The van der Waals surface area contributed by atoms with Gasteiger partial charge in [0.1, 0.15) is 18.9 Å². The van der Waals surface area contributed by atoms with Crippen molar-refractivity contribution >= 4 is 11.9 Å². The van der Waals surface area contributed by atoms with Crippen LogP contribution >= 0.6 is 0 Å². The number of carbonyl (C=O) groups excluding carboxylic acids is 2. The van der Waals surface area contributed by atoms with Crippen LogP contribution in [0.4, 0.5) is 4.79 Å². The summed E-state index contributed by atoms with van der Waals surface area (Å²) in [7, 11) is 1.45. The van der Waals surface area contributed by atoms with E-state index in [9.17, 15) is 14.7 Å². The second-order valence-corrected chi connectivity index (χ2v) is 6.37. The first-order chi connectivity index (χ1) is 12.6. The zero-order chi connectivity index (χ0) is 18.5. The van der Waals surface area contributed by atoms with E-state index in [1.165, 1.54) is 17.1 Å². The van der Waals surface area contributed by atoms with Gasteiger partial charge in [-0.1, -0.05) is 30.3 Å². The molecule has 0 saturated carbocycles. The number of ether oxygens (including phenoxy) is 1. The van der Waals surface area contributed by atoms with Crippen LogP contribution in [-0.4, -0.2) is 65.6 Å². The van der Waals surface area contributed by atoms with Crippen molar-refractivity contribution in [2.75, 3.05) is 20.3 Å². The Morgan fingerprint density at radius 2 is 2.12 bits per heavy atom. The summed E-state index contributed by atoms with van der Waals surface area (Å²) in [6.07, 6.45) is 0.200. The SMILES string of the molecule is COCC(O)NNC(=O)[C@@H]1CC[C@H]2CN1C(=O)N2OCc1ccccc1. The maximum absolute atomic E-state index is 12.6. The van der Waals surface area contributed by atoms with Gasteiger partial charge in [0.2, 0.25) is 0 Å². The van der Waals surface area contributed by atoms with Crippen molar-refractivity contribution in [3.8, 4) is 0 Å². The molecule has 0 spiro atoms. The lowest BCUT2D eigenvalue weighted by Crippen LogP contribution is -2.55. The van der Waals surface area contributed by atoms with E-state index in [0.29, 0.717) is 26.0 Å². The fraction of sp³-hybridized carbons (Fsp3) is 0.529. The topological polar surface area (TPSA) is 103 Å². The Labute approximate surface area is 151 Å². The minimum atomic E-state index is -1.01. The number of amides is 3. The third-order valence-corrected chi connectivity index (χ3v) is 4.53. The van der Waals surface area contributed by atoms with Crippen molar-refractivity contribution in [1.29, 1.82) is 0 Å². The fourth-order valence-electron chi connectivity index (χ4n) is 3.23. The maximum Gasteiger partial charge on any atom is 0.345 e. The lowest BCUT2D eigenvalue weighted by atomic mass is 10.0. The number of piperidine rings is 1. The van der Waals surface area contributed by atoms with Crippen LogP contribution in [0.1, 0.15) is 18.4 Å². The summed E-state index contributed by atoms with van der Waals surface area (Å²) in [5.74, 6) is -0.364. The van der Waals surface area contributed by atoms with E-state index in [1.807, 2.05) is 30.3 Å². The van der Waals surface area contributed by atoms with Crippen LogP contribution in [0.3, 0.4) is 0 Å². The van der Waals surface area contributed by atoms with Gasteiger partial charge in [0.05, 0.1) is 12.6 Å². The van der Waals surface area contributed by atoms with Crippen LogP contribution in [0.25, 0.3) is 0 Å². The molecule has 142 valence electrons. The predicted octanol–water partition coefficient (Wildman–Crippen LogP) is -0.0276. The lowest BCUT2D eigenvalue weighted by Gasteiger charge is -2.29. The first-order valence-corrected chi connectivity index (χ1v) is 8.59. The normalized spacial score (nSPS) is 23.2. The minimum Gasteiger partial charge on any atom is -0.381 e. The van der Waals surface area contributed by atoms with Crippen molar-refractivity contribution < 1.29 is 24.3 Å². The third kappa shape index (κ3) is 4.13. The average molecular weight is 364 g/mol. The van der Waals surface area contributed by atoms with E-state index in [0.717, 1.165) is 5.56 Å². The number of benzene rings is 1. The largest absolute Gasteiger partial charge is 0.381 e. The number of nitrogens with zero attached hydrogens (tertiary/aromatic N) is 2. The second kappa shape index (κ2) is 8.45. The number of urea groups is 1. The Morgan fingerprint density at radius 1 is 1.35 bits per heavy atom. The molecule has 2 aliphatic rings. The van der Waals surface area contributed by atoms with Crippen LogP contribution < -0.4 is 10.9 Å². The highest BCUT2D eigenvalue weighted by molar-refractivity contribution is 5.88. The van der Waals surface area contributed by atoms with Crippen LogP contribution in [-0.2, 0) is 21.0 Å². The molecule has 2 heterocycles. The van der Waals surface area contributed by atoms with Gasteiger partial charge in [-0.2, -0.15) is 5.06 Å². The summed E-state index contributed by atoms with van der Waals surface area (Å²) in [5, 5.41) is 10.9. The molecule has 9 nitrogen and oxygen atoms in total. The standard InChI is InChI=1S/C17H24N4O5/c1-25-11-15(22)18-19-16(23)14-8-7-13-9-20(14)17(24)21(13)26-10-12-5-3-2-4-6-12/h2-6,13-15,18,22H,7-11H2,1H3,(H,19,23)/t13-,14-,15?/m0/s1. The van der Waals surface area contributed by atoms with Crippen molar-refractivity contribution in [3.05, 3.63) is 35.9 Å². The smallest absolute Gasteiger partial charge is 0.345 e. The highest BCUT2D eigenvalue weighted by Crippen LogP contribution is 2.30. The number of rotatable bonds is 8. The number of carbonyl (C=O) groups is 2. The number of hydroxylamine groups is 2. The zero-order valence-electron chi connectivity index (χ0n) is 14.6. The maximum atomic E-state index is 12.6. The molecule has 2 bridgehead atoms. The summed E-state index contributed by atoms with van der Waals surface area (Å²) >= 11 is 0. The van der Waals surface area contributed by atoms with E-state index < -0.39 is 12.3 Å². The number of methoxy groups -OCH3 is 1. The summed E-state index contributed by atoms with van der Waals surface area (Å²) in [6.45, 7) is 0.793. The van der Waals surface area contributed by atoms with E-state index in [4.69, 9.17) is 9.57 Å². The Kier molecular flexibility index (Phi) is 6.04. The van der Waals surface area contributed by atoms with Gasteiger partial charge in [-0.3, -0.25) is 15.1 Å². The molecular weight excluding hydrogens is 340 g/mol. The summed E-state index contributed by atoms with van der Waals surface area (Å²) in [5.41, 5.74) is 5.88. The van der Waals surface area contributed by atoms with Gasteiger partial charge in [0.15, 0.2) is 0 Å². The van der Waals surface area contributed by atoms with Gasteiger partial charge < -0.3 is 14.7 Å². The first-order valence-electron chi connectivity index (χ1n) is 8.59. The highest BCUT2D eigenvalue weighted by Gasteiger charge is 2.47. The zero-order valence-corrected chi connectivity index (χ0v) is 14.6. The highest BCUT2D eigenvalue weighted by atomic mass is 16.7. The van der Waals surface area contributed by atoms with Crippen molar-refractivity contribution in [2.24, 2.45) is 0 Å². The molecule has 0 aromatic heterocycles. The van der Waals surface area contributed by atoms with Gasteiger partial charge in [-0.15, -0.1) is 0 Å². The number of hydrazine groups is 1. The quantitative estimate of drug-likeness (QED) is 0.442. The molecule has 2 saturated heterocycles. The number of aliphatic hydroxyl groups is 1. The number of fused-ring (bicyclic) bond motifs is 2. The molecule has 3 amide bonds. The molecule has 9 heteroatoms. The van der Waals surface area contributed by atoms with Gasteiger partial charge in [-0.25, -0.2) is 10.2 Å². The predicted molar refractivity (Wildman–Crippen MR) is 91.1 cm³/mol. The number of hydrogen-bond donors (Lipinski definition) is 3. The molecule has 2 aliphatic heterocycles. The van der Waals surface area contributed by atoms with Gasteiger partial charge >= 0.3 is 6.03 Å². The molecule has 26 heavy (non-hydrogen) atoms. The third-order valence-electron chi connectivity index (χ3n) is 4.53.